The lowest BCUT2D eigenvalue weighted by Gasteiger charge is -2.25. The Kier molecular flexibility index (Phi) is 2.23. The van der Waals surface area contributed by atoms with Crippen LogP contribution in [-0.2, 0) is 22.3 Å². The Labute approximate surface area is 93.2 Å². The molecule has 0 aromatic carbocycles. The van der Waals surface area contributed by atoms with Gasteiger partial charge in [0.15, 0.2) is 5.79 Å². The minimum atomic E-state index is -0.351. The Morgan fingerprint density at radius 2 is 2.13 bits per heavy atom. The molecular weight excluding hydrogens is 210 g/mol. The maximum Gasteiger partial charge on any atom is 0.173 e. The number of anilines is 1. The Bertz CT molecular complexity index is 369. The van der Waals surface area contributed by atoms with Gasteiger partial charge in [-0.25, -0.2) is 0 Å². The maximum atomic E-state index is 5.78. The highest BCUT2D eigenvalue weighted by Gasteiger charge is 2.39. The van der Waals surface area contributed by atoms with E-state index in [0.29, 0.717) is 0 Å². The summed E-state index contributed by atoms with van der Waals surface area (Å²) in [6, 6.07) is 3.23. The van der Waals surface area contributed by atoms with Gasteiger partial charge in [-0.3, -0.25) is 0 Å². The van der Waals surface area contributed by atoms with Crippen LogP contribution in [-0.4, -0.2) is 19.0 Å². The van der Waals surface area contributed by atoms with Crippen molar-refractivity contribution in [3.63, 3.8) is 0 Å². The number of hydrogen-bond donors (Lipinski definition) is 1. The van der Waals surface area contributed by atoms with Crippen LogP contribution < -0.4 is 5.73 Å². The van der Waals surface area contributed by atoms with Crippen molar-refractivity contribution >= 4 is 16.3 Å². The van der Waals surface area contributed by atoms with E-state index in [2.05, 4.69) is 6.07 Å². The van der Waals surface area contributed by atoms with E-state index in [9.17, 15) is 0 Å². The second-order valence-corrected chi connectivity index (χ2v) is 5.27. The molecule has 1 fully saturated rings. The molecule has 0 bridgehead atoms. The predicted octanol–water partition coefficient (Wildman–Crippen LogP) is 1.75. The van der Waals surface area contributed by atoms with Gasteiger partial charge in [0, 0.05) is 23.8 Å². The Balaban J connectivity index is 1.93. The van der Waals surface area contributed by atoms with Gasteiger partial charge >= 0.3 is 0 Å². The summed E-state index contributed by atoms with van der Waals surface area (Å²) in [6.45, 7) is 1.44. The van der Waals surface area contributed by atoms with Crippen LogP contribution in [0.5, 0.6) is 0 Å². The third kappa shape index (κ3) is 1.67. The topological polar surface area (TPSA) is 44.5 Å². The van der Waals surface area contributed by atoms with E-state index in [0.717, 1.165) is 43.9 Å². The van der Waals surface area contributed by atoms with E-state index >= 15 is 0 Å². The molecule has 0 atom stereocenters. The van der Waals surface area contributed by atoms with Gasteiger partial charge in [0.1, 0.15) is 0 Å². The van der Waals surface area contributed by atoms with Crippen molar-refractivity contribution in [2.45, 2.75) is 31.5 Å². The van der Waals surface area contributed by atoms with Gasteiger partial charge in [-0.2, -0.15) is 0 Å². The summed E-state index contributed by atoms with van der Waals surface area (Å²) in [5, 5.41) is 0.787. The van der Waals surface area contributed by atoms with E-state index in [-0.39, 0.29) is 5.79 Å². The van der Waals surface area contributed by atoms with E-state index in [1.165, 1.54) is 10.4 Å². The lowest BCUT2D eigenvalue weighted by atomic mass is 10.1. The van der Waals surface area contributed by atoms with E-state index in [4.69, 9.17) is 15.2 Å². The minimum absolute atomic E-state index is 0.351. The van der Waals surface area contributed by atoms with Gasteiger partial charge in [-0.05, 0) is 18.4 Å². The van der Waals surface area contributed by atoms with Gasteiger partial charge in [0.25, 0.3) is 0 Å². The first kappa shape index (κ1) is 9.63. The standard InChI is InChI=1S/C11H14NO2S/c12-10-6-8-2-1-3-11(7-9(8)15-10)13-4-5-14-11/h1-5,7,12H2. The van der Waals surface area contributed by atoms with Gasteiger partial charge in [-0.15, -0.1) is 11.3 Å². The average molecular weight is 224 g/mol. The quantitative estimate of drug-likeness (QED) is 0.730. The number of nitrogen functional groups attached to an aromatic ring is 1. The normalized spacial score (nSPS) is 24.0. The number of nitrogens with two attached hydrogens (primary N) is 1. The molecule has 3 rings (SSSR count). The summed E-state index contributed by atoms with van der Waals surface area (Å²) >= 11 is 1.63. The summed E-state index contributed by atoms with van der Waals surface area (Å²) in [5.41, 5.74) is 7.05. The van der Waals surface area contributed by atoms with Gasteiger partial charge in [0.05, 0.1) is 18.2 Å². The fourth-order valence-corrected chi connectivity index (χ4v) is 3.40. The van der Waals surface area contributed by atoms with Gasteiger partial charge < -0.3 is 15.2 Å². The number of ether oxygens (including phenoxy) is 2. The molecule has 0 saturated carbocycles. The lowest BCUT2D eigenvalue weighted by Crippen LogP contribution is -2.31. The van der Waals surface area contributed by atoms with Gasteiger partial charge in [-0.1, -0.05) is 0 Å². The van der Waals surface area contributed by atoms with Crippen LogP contribution in [0.15, 0.2) is 0 Å². The first-order valence-electron chi connectivity index (χ1n) is 5.35. The van der Waals surface area contributed by atoms with Crippen LogP contribution in [0.1, 0.15) is 23.3 Å². The zero-order valence-corrected chi connectivity index (χ0v) is 9.36. The van der Waals surface area contributed by atoms with E-state index < -0.39 is 0 Å². The second-order valence-electron chi connectivity index (χ2n) is 4.13. The monoisotopic (exact) mass is 224 g/mol. The number of hydrogen-bond acceptors (Lipinski definition) is 4. The summed E-state index contributed by atoms with van der Waals surface area (Å²) in [4.78, 5) is 1.30. The highest BCUT2D eigenvalue weighted by Crippen LogP contribution is 2.38. The molecule has 81 valence electrons. The molecule has 0 unspecified atom stereocenters. The molecular formula is C11H14NO2S. The third-order valence-corrected chi connectivity index (χ3v) is 4.03. The summed E-state index contributed by atoms with van der Waals surface area (Å²) < 4.78 is 11.5. The molecule has 2 N–H and O–H groups in total. The number of aryl methyl sites for hydroxylation is 1. The van der Waals surface area contributed by atoms with Crippen LogP contribution in [0, 0.1) is 6.07 Å². The molecule has 1 aromatic heterocycles. The first-order chi connectivity index (χ1) is 7.27. The fraction of sp³-hybridized carbons (Fsp3) is 0.636. The van der Waals surface area contributed by atoms with Crippen molar-refractivity contribution in [3.8, 4) is 0 Å². The van der Waals surface area contributed by atoms with E-state index in [1.807, 2.05) is 0 Å². The molecule has 1 spiro atoms. The Morgan fingerprint density at radius 1 is 1.33 bits per heavy atom. The van der Waals surface area contributed by atoms with Crippen LogP contribution in [0.25, 0.3) is 0 Å². The lowest BCUT2D eigenvalue weighted by molar-refractivity contribution is -0.159. The van der Waals surface area contributed by atoms with Crippen LogP contribution in [0.4, 0.5) is 5.00 Å². The first-order valence-corrected chi connectivity index (χ1v) is 6.16. The SMILES string of the molecule is Nc1[c]c2c(s1)CC1(CCC2)OCCO1. The summed E-state index contributed by atoms with van der Waals surface area (Å²) in [7, 11) is 0. The van der Waals surface area contributed by atoms with E-state index in [1.54, 1.807) is 11.3 Å². The molecule has 2 heterocycles. The predicted molar refractivity (Wildman–Crippen MR) is 58.8 cm³/mol. The zero-order chi connectivity index (χ0) is 10.3. The number of thiophene rings is 1. The molecule has 4 heteroatoms. The molecule has 0 amide bonds. The molecule has 1 radical (unpaired) electrons. The molecule has 15 heavy (non-hydrogen) atoms. The Hall–Kier alpha value is -0.580. The second kappa shape index (κ2) is 3.47. The highest BCUT2D eigenvalue weighted by atomic mass is 32.1. The van der Waals surface area contributed by atoms with Crippen LogP contribution in [0.3, 0.4) is 0 Å². The summed E-state index contributed by atoms with van der Waals surface area (Å²) in [5.74, 6) is -0.351. The van der Waals surface area contributed by atoms with Crippen molar-refractivity contribution in [3.05, 3.63) is 16.5 Å². The third-order valence-electron chi connectivity index (χ3n) is 3.07. The number of rotatable bonds is 0. The highest BCUT2D eigenvalue weighted by molar-refractivity contribution is 7.16. The number of fused-ring (bicyclic) bond motifs is 1. The average Bonchev–Trinajstić information content (AvgIpc) is 2.72. The molecule has 1 aromatic rings. The summed E-state index contributed by atoms with van der Waals surface area (Å²) in [6.07, 6.45) is 3.99. The maximum absolute atomic E-state index is 5.78. The fourth-order valence-electron chi connectivity index (χ4n) is 2.39. The molecule has 2 aliphatic rings. The van der Waals surface area contributed by atoms with Crippen LogP contribution >= 0.6 is 11.3 Å². The van der Waals surface area contributed by atoms with Gasteiger partial charge in [0.2, 0.25) is 0 Å². The van der Waals surface area contributed by atoms with Crippen molar-refractivity contribution in [1.82, 2.24) is 0 Å². The molecule has 1 aliphatic carbocycles. The Morgan fingerprint density at radius 3 is 2.93 bits per heavy atom. The van der Waals surface area contributed by atoms with Crippen molar-refractivity contribution < 1.29 is 9.47 Å². The van der Waals surface area contributed by atoms with Crippen molar-refractivity contribution in [2.24, 2.45) is 0 Å². The van der Waals surface area contributed by atoms with Crippen LogP contribution in [0.2, 0.25) is 0 Å². The molecule has 1 aliphatic heterocycles. The molecule has 3 nitrogen and oxygen atoms in total. The van der Waals surface area contributed by atoms with Crippen molar-refractivity contribution in [2.75, 3.05) is 18.9 Å². The molecule has 1 saturated heterocycles. The minimum Gasteiger partial charge on any atom is -0.390 e. The van der Waals surface area contributed by atoms with Crippen molar-refractivity contribution in [1.29, 1.82) is 0 Å². The zero-order valence-electron chi connectivity index (χ0n) is 8.54. The smallest absolute Gasteiger partial charge is 0.173 e. The largest absolute Gasteiger partial charge is 0.390 e.